The largest absolute Gasteiger partial charge is 0.325 e. The summed E-state index contributed by atoms with van der Waals surface area (Å²) in [6, 6.07) is 34.7. The molecule has 2 N–H and O–H groups in total. The first-order valence-corrected chi connectivity index (χ1v) is 12.4. The first kappa shape index (κ1) is 23.4. The molecule has 0 saturated heterocycles. The van der Waals surface area contributed by atoms with E-state index in [4.69, 9.17) is 0 Å². The fraction of sp³-hybridized carbons (Fsp3) is 0.107. The molecule has 0 unspecified atom stereocenters. The molecule has 0 aliphatic heterocycles. The Morgan fingerprint density at radius 1 is 0.765 bits per heavy atom. The molecule has 34 heavy (non-hydrogen) atoms. The van der Waals surface area contributed by atoms with Gasteiger partial charge in [-0.2, -0.15) is 4.72 Å². The molecule has 171 valence electrons. The van der Waals surface area contributed by atoms with E-state index in [1.807, 2.05) is 48.5 Å². The summed E-state index contributed by atoms with van der Waals surface area (Å²) in [6.07, 6.45) is 0.936. The number of hydrogen-bond acceptors (Lipinski definition) is 3. The van der Waals surface area contributed by atoms with Crippen molar-refractivity contribution in [2.24, 2.45) is 0 Å². The van der Waals surface area contributed by atoms with Crippen molar-refractivity contribution < 1.29 is 13.2 Å². The van der Waals surface area contributed by atoms with Crippen LogP contribution in [0, 0.1) is 6.07 Å². The minimum Gasteiger partial charge on any atom is -0.325 e. The van der Waals surface area contributed by atoms with Crippen LogP contribution in [0.4, 0.5) is 5.69 Å². The molecule has 6 heteroatoms. The van der Waals surface area contributed by atoms with Crippen LogP contribution < -0.4 is 10.0 Å². The molecule has 0 spiro atoms. The van der Waals surface area contributed by atoms with Gasteiger partial charge in [-0.15, -0.1) is 0 Å². The van der Waals surface area contributed by atoms with E-state index in [0.717, 1.165) is 17.5 Å². The highest BCUT2D eigenvalue weighted by Crippen LogP contribution is 2.17. The number of sulfonamides is 1. The van der Waals surface area contributed by atoms with Crippen LogP contribution in [0.15, 0.2) is 114 Å². The van der Waals surface area contributed by atoms with E-state index < -0.39 is 22.0 Å². The van der Waals surface area contributed by atoms with Crippen molar-refractivity contribution in [1.82, 2.24) is 4.72 Å². The van der Waals surface area contributed by atoms with Gasteiger partial charge in [-0.3, -0.25) is 4.79 Å². The summed E-state index contributed by atoms with van der Waals surface area (Å²) in [5, 5.41) is 2.89. The van der Waals surface area contributed by atoms with Crippen molar-refractivity contribution in [3.05, 3.63) is 132 Å². The second kappa shape index (κ2) is 10.9. The Labute approximate surface area is 200 Å². The molecule has 5 nitrogen and oxygen atoms in total. The summed E-state index contributed by atoms with van der Waals surface area (Å²) in [5.74, 6) is -0.427. The van der Waals surface area contributed by atoms with E-state index in [0.29, 0.717) is 5.69 Å². The average Bonchev–Trinajstić information content (AvgIpc) is 2.85. The Bertz CT molecular complexity index is 1330. The Balaban J connectivity index is 1.54. The molecule has 0 heterocycles. The second-order valence-electron chi connectivity index (χ2n) is 7.95. The minimum atomic E-state index is -3.88. The van der Waals surface area contributed by atoms with Gasteiger partial charge < -0.3 is 5.32 Å². The standard InChI is InChI=1S/C28H25N2O3S/c31-28(29-25-16-10-15-24(20-25)19-22-11-4-1-5-12-22)27(21-23-13-6-2-7-14-23)30-34(32,33)26-17-8-3-9-18-26/h1,3-18,20,27,30H,19,21H2,(H,29,31)/t27-/m0/s1. The lowest BCUT2D eigenvalue weighted by molar-refractivity contribution is -0.117. The zero-order valence-electron chi connectivity index (χ0n) is 18.5. The quantitative estimate of drug-likeness (QED) is 0.376. The van der Waals surface area contributed by atoms with E-state index >= 15 is 0 Å². The summed E-state index contributed by atoms with van der Waals surface area (Å²) < 4.78 is 28.5. The zero-order valence-corrected chi connectivity index (χ0v) is 19.3. The molecule has 4 rings (SSSR count). The number of carbonyl (C=O) groups is 1. The van der Waals surface area contributed by atoms with Crippen LogP contribution in [0.1, 0.15) is 16.7 Å². The maximum absolute atomic E-state index is 13.2. The highest BCUT2D eigenvalue weighted by atomic mass is 32.2. The highest BCUT2D eigenvalue weighted by molar-refractivity contribution is 7.89. The molecule has 0 aliphatic rings. The van der Waals surface area contributed by atoms with E-state index in [2.05, 4.69) is 28.2 Å². The normalized spacial score (nSPS) is 12.1. The molecule has 0 aliphatic carbocycles. The van der Waals surface area contributed by atoms with Gasteiger partial charge >= 0.3 is 0 Å². The van der Waals surface area contributed by atoms with Crippen LogP contribution >= 0.6 is 0 Å². The number of benzene rings is 4. The Kier molecular flexibility index (Phi) is 7.52. The van der Waals surface area contributed by atoms with Crippen molar-refractivity contribution >= 4 is 21.6 Å². The third-order valence-electron chi connectivity index (χ3n) is 5.34. The van der Waals surface area contributed by atoms with Gasteiger partial charge in [0.1, 0.15) is 6.04 Å². The number of rotatable bonds is 9. The van der Waals surface area contributed by atoms with Crippen LogP contribution in [-0.2, 0) is 27.7 Å². The Morgan fingerprint density at radius 3 is 2.12 bits per heavy atom. The lowest BCUT2D eigenvalue weighted by Crippen LogP contribution is -2.45. The molecule has 0 fully saturated rings. The van der Waals surface area contributed by atoms with Crippen molar-refractivity contribution in [2.45, 2.75) is 23.8 Å². The molecule has 4 aromatic rings. The van der Waals surface area contributed by atoms with E-state index in [1.165, 1.54) is 17.7 Å². The average molecular weight is 470 g/mol. The third kappa shape index (κ3) is 6.41. The predicted molar refractivity (Wildman–Crippen MR) is 134 cm³/mol. The monoisotopic (exact) mass is 469 g/mol. The molecular formula is C28H25N2O3S. The van der Waals surface area contributed by atoms with Crippen LogP contribution in [0.2, 0.25) is 0 Å². The summed E-state index contributed by atoms with van der Waals surface area (Å²) >= 11 is 0. The Hall–Kier alpha value is -3.74. The number of anilines is 1. The maximum Gasteiger partial charge on any atom is 0.242 e. The van der Waals surface area contributed by atoms with Gasteiger partial charge in [0.25, 0.3) is 0 Å². The molecule has 1 amide bonds. The fourth-order valence-electron chi connectivity index (χ4n) is 3.66. The van der Waals surface area contributed by atoms with Crippen LogP contribution in [-0.4, -0.2) is 20.4 Å². The van der Waals surface area contributed by atoms with E-state index in [1.54, 1.807) is 36.4 Å². The van der Waals surface area contributed by atoms with Gasteiger partial charge in [-0.05, 0) is 59.9 Å². The molecular weight excluding hydrogens is 444 g/mol. The van der Waals surface area contributed by atoms with Gasteiger partial charge in [0.15, 0.2) is 0 Å². The van der Waals surface area contributed by atoms with Crippen molar-refractivity contribution in [3.8, 4) is 0 Å². The van der Waals surface area contributed by atoms with E-state index in [9.17, 15) is 13.2 Å². The molecule has 1 radical (unpaired) electrons. The van der Waals surface area contributed by atoms with E-state index in [-0.39, 0.29) is 11.3 Å². The summed E-state index contributed by atoms with van der Waals surface area (Å²) in [5.41, 5.74) is 3.65. The zero-order chi connectivity index (χ0) is 23.8. The van der Waals surface area contributed by atoms with Gasteiger partial charge in [0.2, 0.25) is 15.9 Å². The maximum atomic E-state index is 13.2. The summed E-state index contributed by atoms with van der Waals surface area (Å²) in [7, 11) is -3.88. The number of carbonyl (C=O) groups excluding carboxylic acids is 1. The molecule has 0 bridgehead atoms. The smallest absolute Gasteiger partial charge is 0.242 e. The number of amides is 1. The van der Waals surface area contributed by atoms with Gasteiger partial charge in [0, 0.05) is 5.69 Å². The summed E-state index contributed by atoms with van der Waals surface area (Å²) in [6.45, 7) is 0. The molecule has 4 aromatic carbocycles. The lowest BCUT2D eigenvalue weighted by Gasteiger charge is -2.19. The predicted octanol–water partition coefficient (Wildman–Crippen LogP) is 4.61. The first-order valence-electron chi connectivity index (χ1n) is 11.0. The fourth-order valence-corrected chi connectivity index (χ4v) is 4.87. The number of nitrogens with one attached hydrogen (secondary N) is 2. The lowest BCUT2D eigenvalue weighted by atomic mass is 10.0. The first-order chi connectivity index (χ1) is 16.5. The van der Waals surface area contributed by atoms with Crippen LogP contribution in [0.25, 0.3) is 0 Å². The van der Waals surface area contributed by atoms with Crippen molar-refractivity contribution in [1.29, 1.82) is 0 Å². The Morgan fingerprint density at radius 2 is 1.41 bits per heavy atom. The minimum absolute atomic E-state index is 0.110. The highest BCUT2D eigenvalue weighted by Gasteiger charge is 2.26. The SMILES string of the molecule is O=C(Nc1cccc(Cc2ccccc2)c1)[C@H](Cc1cc[c]cc1)NS(=O)(=O)c1ccccc1. The van der Waals surface area contributed by atoms with Gasteiger partial charge in [-0.25, -0.2) is 8.42 Å². The number of hydrogen-bond donors (Lipinski definition) is 2. The molecule has 0 saturated carbocycles. The van der Waals surface area contributed by atoms with Gasteiger partial charge in [0.05, 0.1) is 4.90 Å². The molecule has 0 aromatic heterocycles. The van der Waals surface area contributed by atoms with Crippen molar-refractivity contribution in [2.75, 3.05) is 5.32 Å². The van der Waals surface area contributed by atoms with Gasteiger partial charge in [-0.1, -0.05) is 84.9 Å². The van der Waals surface area contributed by atoms with Crippen LogP contribution in [0.3, 0.4) is 0 Å². The topological polar surface area (TPSA) is 75.3 Å². The van der Waals surface area contributed by atoms with Crippen molar-refractivity contribution in [3.63, 3.8) is 0 Å². The second-order valence-corrected chi connectivity index (χ2v) is 9.67. The third-order valence-corrected chi connectivity index (χ3v) is 6.83. The summed E-state index contributed by atoms with van der Waals surface area (Å²) in [4.78, 5) is 13.4. The molecule has 1 atom stereocenters. The van der Waals surface area contributed by atoms with Crippen LogP contribution in [0.5, 0.6) is 0 Å².